The Morgan fingerprint density at radius 2 is 2.07 bits per heavy atom. The number of pyridine rings is 1. The zero-order valence-electron chi connectivity index (χ0n) is 8.34. The smallest absolute Gasteiger partial charge is 0.364 e. The first-order chi connectivity index (χ1) is 7.21. The van der Waals surface area contributed by atoms with Gasteiger partial charge in [0.1, 0.15) is 10.8 Å². The lowest BCUT2D eigenvalue weighted by Gasteiger charge is -2.13. The van der Waals surface area contributed by atoms with E-state index >= 15 is 0 Å². The highest BCUT2D eigenvalue weighted by atomic mass is 31.2. The number of hydrogen-bond donors (Lipinski definition) is 0. The van der Waals surface area contributed by atoms with E-state index in [9.17, 15) is 4.57 Å². The van der Waals surface area contributed by atoms with Crippen LogP contribution in [0.25, 0.3) is 11.1 Å². The molecule has 6 heteroatoms. The van der Waals surface area contributed by atoms with Crippen LogP contribution in [0.2, 0.25) is 0 Å². The molecule has 2 aromatic rings. The SMILES string of the molecule is COP(=O)(OC)c1ccnc2ccoc12. The quantitative estimate of drug-likeness (QED) is 0.750. The second kappa shape index (κ2) is 3.77. The molecule has 2 aromatic heterocycles. The maximum absolute atomic E-state index is 12.1. The Labute approximate surface area is 86.5 Å². The molecule has 2 rings (SSSR count). The lowest BCUT2D eigenvalue weighted by molar-refractivity contribution is 0.287. The number of furan rings is 1. The van der Waals surface area contributed by atoms with Gasteiger partial charge >= 0.3 is 7.60 Å². The summed E-state index contributed by atoms with van der Waals surface area (Å²) in [7, 11) is -0.614. The van der Waals surface area contributed by atoms with Crippen molar-refractivity contribution in [3.63, 3.8) is 0 Å². The molecule has 0 fully saturated rings. The van der Waals surface area contributed by atoms with Gasteiger partial charge in [-0.3, -0.25) is 9.55 Å². The van der Waals surface area contributed by atoms with Crippen LogP contribution in [0.5, 0.6) is 0 Å². The van der Waals surface area contributed by atoms with Crippen LogP contribution in [-0.4, -0.2) is 19.2 Å². The largest absolute Gasteiger partial charge is 0.462 e. The van der Waals surface area contributed by atoms with Crippen LogP contribution >= 0.6 is 7.60 Å². The molecule has 0 aliphatic rings. The minimum Gasteiger partial charge on any atom is -0.462 e. The predicted molar refractivity (Wildman–Crippen MR) is 55.3 cm³/mol. The zero-order chi connectivity index (χ0) is 10.9. The topological polar surface area (TPSA) is 61.6 Å². The van der Waals surface area contributed by atoms with Gasteiger partial charge in [-0.15, -0.1) is 0 Å². The molecular formula is C9H10NO4P. The molecule has 0 bridgehead atoms. The Bertz CT molecular complexity index is 514. The van der Waals surface area contributed by atoms with E-state index in [2.05, 4.69) is 4.98 Å². The summed E-state index contributed by atoms with van der Waals surface area (Å²) >= 11 is 0. The third-order valence-electron chi connectivity index (χ3n) is 2.10. The Morgan fingerprint density at radius 3 is 2.73 bits per heavy atom. The van der Waals surface area contributed by atoms with Crippen LogP contribution in [0, 0.1) is 0 Å². The highest BCUT2D eigenvalue weighted by molar-refractivity contribution is 7.62. The van der Waals surface area contributed by atoms with Crippen molar-refractivity contribution in [2.45, 2.75) is 0 Å². The van der Waals surface area contributed by atoms with Crippen molar-refractivity contribution in [1.82, 2.24) is 4.98 Å². The van der Waals surface area contributed by atoms with Gasteiger partial charge in [0, 0.05) is 26.5 Å². The van der Waals surface area contributed by atoms with E-state index in [1.165, 1.54) is 26.7 Å². The first kappa shape index (κ1) is 10.4. The van der Waals surface area contributed by atoms with Gasteiger partial charge in [0.15, 0.2) is 5.58 Å². The Morgan fingerprint density at radius 1 is 1.33 bits per heavy atom. The molecule has 0 radical (unpaired) electrons. The maximum atomic E-state index is 12.1. The van der Waals surface area contributed by atoms with Crippen molar-refractivity contribution in [2.75, 3.05) is 14.2 Å². The molecule has 0 unspecified atom stereocenters. The van der Waals surface area contributed by atoms with Crippen molar-refractivity contribution in [3.05, 3.63) is 24.6 Å². The third-order valence-corrected chi connectivity index (χ3v) is 4.00. The summed E-state index contributed by atoms with van der Waals surface area (Å²) < 4.78 is 27.1. The number of fused-ring (bicyclic) bond motifs is 1. The molecule has 0 aliphatic heterocycles. The van der Waals surface area contributed by atoms with Crippen molar-refractivity contribution in [1.29, 1.82) is 0 Å². The summed E-state index contributed by atoms with van der Waals surface area (Å²) in [5, 5.41) is 0.391. The minimum atomic E-state index is -3.28. The highest BCUT2D eigenvalue weighted by Gasteiger charge is 2.28. The molecule has 0 spiro atoms. The van der Waals surface area contributed by atoms with Gasteiger partial charge in [-0.1, -0.05) is 0 Å². The van der Waals surface area contributed by atoms with Gasteiger partial charge < -0.3 is 13.5 Å². The van der Waals surface area contributed by atoms with Crippen LogP contribution in [0.1, 0.15) is 0 Å². The standard InChI is InChI=1S/C9H10NO4P/c1-12-15(11,13-2)8-3-5-10-7-4-6-14-9(7)8/h3-6H,1-2H3. The molecule has 0 atom stereocenters. The second-order valence-corrected chi connectivity index (χ2v) is 5.03. The zero-order valence-corrected chi connectivity index (χ0v) is 9.23. The molecule has 0 aliphatic carbocycles. The van der Waals surface area contributed by atoms with Crippen molar-refractivity contribution in [3.8, 4) is 0 Å². The van der Waals surface area contributed by atoms with Gasteiger partial charge in [-0.05, 0) is 6.07 Å². The van der Waals surface area contributed by atoms with Crippen LogP contribution in [-0.2, 0) is 13.6 Å². The molecule has 0 saturated heterocycles. The minimum absolute atomic E-state index is 0.391. The predicted octanol–water partition coefficient (Wildman–Crippen LogP) is 1.94. The average Bonchev–Trinajstić information content (AvgIpc) is 2.75. The average molecular weight is 227 g/mol. The molecular weight excluding hydrogens is 217 g/mol. The summed E-state index contributed by atoms with van der Waals surface area (Å²) in [4.78, 5) is 4.06. The van der Waals surface area contributed by atoms with E-state index in [0.29, 0.717) is 16.4 Å². The van der Waals surface area contributed by atoms with Gasteiger partial charge in [0.05, 0.1) is 6.26 Å². The summed E-state index contributed by atoms with van der Waals surface area (Å²) in [5.41, 5.74) is 1.06. The van der Waals surface area contributed by atoms with Gasteiger partial charge in [0.2, 0.25) is 0 Å². The number of aromatic nitrogens is 1. The number of nitrogens with zero attached hydrogens (tertiary/aromatic N) is 1. The monoisotopic (exact) mass is 227 g/mol. The number of hydrogen-bond acceptors (Lipinski definition) is 5. The van der Waals surface area contributed by atoms with E-state index in [4.69, 9.17) is 13.5 Å². The summed E-state index contributed by atoms with van der Waals surface area (Å²) in [6.07, 6.45) is 3.02. The maximum Gasteiger partial charge on any atom is 0.364 e. The first-order valence-corrected chi connectivity index (χ1v) is 5.80. The van der Waals surface area contributed by atoms with Crippen molar-refractivity contribution < 1.29 is 18.0 Å². The fourth-order valence-corrected chi connectivity index (χ4v) is 2.55. The molecule has 5 nitrogen and oxygen atoms in total. The lowest BCUT2D eigenvalue weighted by atomic mass is 10.4. The fourth-order valence-electron chi connectivity index (χ4n) is 1.35. The Balaban J connectivity index is 2.70. The lowest BCUT2D eigenvalue weighted by Crippen LogP contribution is -2.08. The normalized spacial score (nSPS) is 12.1. The second-order valence-electron chi connectivity index (χ2n) is 2.83. The molecule has 15 heavy (non-hydrogen) atoms. The molecule has 0 aromatic carbocycles. The van der Waals surface area contributed by atoms with E-state index in [-0.39, 0.29) is 0 Å². The first-order valence-electron chi connectivity index (χ1n) is 4.25. The molecule has 2 heterocycles. The fraction of sp³-hybridized carbons (Fsp3) is 0.222. The van der Waals surface area contributed by atoms with E-state index in [1.807, 2.05) is 0 Å². The molecule has 0 amide bonds. The Hall–Kier alpha value is -1.16. The van der Waals surface area contributed by atoms with Crippen molar-refractivity contribution >= 4 is 24.0 Å². The number of rotatable bonds is 3. The summed E-state index contributed by atoms with van der Waals surface area (Å²) in [5.74, 6) is 0. The van der Waals surface area contributed by atoms with Crippen LogP contribution in [0.3, 0.4) is 0 Å². The molecule has 0 N–H and O–H groups in total. The highest BCUT2D eigenvalue weighted by Crippen LogP contribution is 2.46. The van der Waals surface area contributed by atoms with Gasteiger partial charge in [-0.25, -0.2) is 0 Å². The van der Waals surface area contributed by atoms with Crippen LogP contribution in [0.4, 0.5) is 0 Å². The van der Waals surface area contributed by atoms with Gasteiger partial charge in [0.25, 0.3) is 0 Å². The van der Waals surface area contributed by atoms with Gasteiger partial charge in [-0.2, -0.15) is 0 Å². The summed E-state index contributed by atoms with van der Waals surface area (Å²) in [6, 6.07) is 3.26. The molecule has 0 saturated carbocycles. The van der Waals surface area contributed by atoms with Crippen LogP contribution < -0.4 is 5.30 Å². The van der Waals surface area contributed by atoms with Crippen LogP contribution in [0.15, 0.2) is 29.0 Å². The van der Waals surface area contributed by atoms with E-state index < -0.39 is 7.60 Å². The Kier molecular flexibility index (Phi) is 2.61. The third kappa shape index (κ3) is 1.59. The van der Waals surface area contributed by atoms with Crippen molar-refractivity contribution in [2.24, 2.45) is 0 Å². The molecule has 80 valence electrons. The summed E-state index contributed by atoms with van der Waals surface area (Å²) in [6.45, 7) is 0. The van der Waals surface area contributed by atoms with E-state index in [0.717, 1.165) is 0 Å². The van der Waals surface area contributed by atoms with E-state index in [1.54, 1.807) is 12.1 Å².